The van der Waals surface area contributed by atoms with E-state index in [0.29, 0.717) is 17.3 Å². The minimum atomic E-state index is -1.22. The van der Waals surface area contributed by atoms with Crippen LogP contribution in [0, 0.1) is 11.6 Å². The van der Waals surface area contributed by atoms with Gasteiger partial charge in [0.25, 0.3) is 5.91 Å². The highest BCUT2D eigenvalue weighted by molar-refractivity contribution is 7.99. The molecule has 25 heavy (non-hydrogen) atoms. The molecular formula is C17H14ClF2NO3S. The highest BCUT2D eigenvalue weighted by Crippen LogP contribution is 2.19. The summed E-state index contributed by atoms with van der Waals surface area (Å²) in [4.78, 5) is 24.2. The summed E-state index contributed by atoms with van der Waals surface area (Å²) in [6.07, 6.45) is 0. The molecule has 4 nitrogen and oxygen atoms in total. The highest BCUT2D eigenvalue weighted by Gasteiger charge is 2.19. The Morgan fingerprint density at radius 1 is 1.08 bits per heavy atom. The number of nitrogens with one attached hydrogen (secondary N) is 1. The first-order valence-electron chi connectivity index (χ1n) is 7.23. The Kier molecular flexibility index (Phi) is 7.21. The van der Waals surface area contributed by atoms with Gasteiger partial charge in [-0.1, -0.05) is 17.7 Å². The summed E-state index contributed by atoms with van der Waals surface area (Å²) >= 11 is 7.30. The molecule has 1 N–H and O–H groups in total. The number of thioether (sulfide) groups is 1. The topological polar surface area (TPSA) is 55.4 Å². The van der Waals surface area contributed by atoms with Gasteiger partial charge in [0, 0.05) is 22.2 Å². The molecule has 0 spiro atoms. The molecule has 0 bridgehead atoms. The van der Waals surface area contributed by atoms with Crippen molar-refractivity contribution in [3.8, 4) is 0 Å². The third kappa shape index (κ3) is 6.03. The maximum Gasteiger partial charge on any atom is 0.344 e. The second-order valence-corrected chi connectivity index (χ2v) is 6.43. The Labute approximate surface area is 152 Å². The van der Waals surface area contributed by atoms with Crippen molar-refractivity contribution in [3.63, 3.8) is 0 Å². The molecule has 0 atom stereocenters. The Morgan fingerprint density at radius 3 is 2.36 bits per heavy atom. The van der Waals surface area contributed by atoms with Gasteiger partial charge in [-0.2, -0.15) is 0 Å². The van der Waals surface area contributed by atoms with Crippen LogP contribution in [0.3, 0.4) is 0 Å². The molecule has 0 fully saturated rings. The lowest BCUT2D eigenvalue weighted by Gasteiger charge is -2.07. The number of amides is 1. The lowest BCUT2D eigenvalue weighted by atomic mass is 10.2. The van der Waals surface area contributed by atoms with Crippen molar-refractivity contribution in [2.24, 2.45) is 0 Å². The SMILES string of the molecule is O=C(COC(=O)c1c(F)cccc1F)NCCSc1ccc(Cl)cc1. The molecule has 0 aliphatic rings. The Bertz CT molecular complexity index is 736. The van der Waals surface area contributed by atoms with Crippen LogP contribution in [0.1, 0.15) is 10.4 Å². The predicted molar refractivity (Wildman–Crippen MR) is 91.8 cm³/mol. The summed E-state index contributed by atoms with van der Waals surface area (Å²) in [5, 5.41) is 3.19. The normalized spacial score (nSPS) is 10.4. The number of halogens is 3. The van der Waals surface area contributed by atoms with Crippen LogP contribution in [0.15, 0.2) is 47.4 Å². The molecular weight excluding hydrogens is 372 g/mol. The number of esters is 1. The molecule has 2 rings (SSSR count). The van der Waals surface area contributed by atoms with E-state index in [1.807, 2.05) is 12.1 Å². The number of rotatable bonds is 7. The Hall–Kier alpha value is -2.12. The van der Waals surface area contributed by atoms with Gasteiger partial charge >= 0.3 is 5.97 Å². The third-order valence-electron chi connectivity index (χ3n) is 3.01. The van der Waals surface area contributed by atoms with Gasteiger partial charge in [-0.3, -0.25) is 4.79 Å². The summed E-state index contributed by atoms with van der Waals surface area (Å²) in [6, 6.07) is 10.3. The quantitative estimate of drug-likeness (QED) is 0.449. The van der Waals surface area contributed by atoms with Crippen LogP contribution in [-0.2, 0) is 9.53 Å². The standard InChI is InChI=1S/C17H14ClF2NO3S/c18-11-4-6-12(7-5-11)25-9-8-21-15(22)10-24-17(23)16-13(19)2-1-3-14(16)20/h1-7H,8-10H2,(H,21,22). The average molecular weight is 386 g/mol. The van der Waals surface area contributed by atoms with Gasteiger partial charge in [0.15, 0.2) is 6.61 Å². The zero-order chi connectivity index (χ0) is 18.2. The fourth-order valence-electron chi connectivity index (χ4n) is 1.84. The summed E-state index contributed by atoms with van der Waals surface area (Å²) in [5.74, 6) is -3.25. The summed E-state index contributed by atoms with van der Waals surface area (Å²) in [5.41, 5.74) is -0.811. The first-order valence-corrected chi connectivity index (χ1v) is 8.60. The molecule has 0 radical (unpaired) electrons. The van der Waals surface area contributed by atoms with E-state index in [1.54, 1.807) is 12.1 Å². The van der Waals surface area contributed by atoms with Crippen molar-refractivity contribution in [1.29, 1.82) is 0 Å². The van der Waals surface area contributed by atoms with Crippen molar-refractivity contribution < 1.29 is 23.1 Å². The average Bonchev–Trinajstić information content (AvgIpc) is 2.58. The van der Waals surface area contributed by atoms with Crippen molar-refractivity contribution >= 4 is 35.2 Å². The monoisotopic (exact) mass is 385 g/mol. The van der Waals surface area contributed by atoms with Crippen molar-refractivity contribution in [1.82, 2.24) is 5.32 Å². The zero-order valence-corrected chi connectivity index (χ0v) is 14.5. The second-order valence-electron chi connectivity index (χ2n) is 4.83. The van der Waals surface area contributed by atoms with Crippen LogP contribution in [0.4, 0.5) is 8.78 Å². The van der Waals surface area contributed by atoms with Crippen LogP contribution in [0.25, 0.3) is 0 Å². The van der Waals surface area contributed by atoms with Crippen LogP contribution < -0.4 is 5.32 Å². The van der Waals surface area contributed by atoms with Crippen LogP contribution in [-0.4, -0.2) is 30.8 Å². The summed E-state index contributed by atoms with van der Waals surface area (Å²) in [6.45, 7) is -0.268. The maximum atomic E-state index is 13.4. The first-order chi connectivity index (χ1) is 12.0. The predicted octanol–water partition coefficient (Wildman–Crippen LogP) is 3.68. The fourth-order valence-corrected chi connectivity index (χ4v) is 2.73. The fraction of sp³-hybridized carbons (Fsp3) is 0.176. The number of hydrogen-bond acceptors (Lipinski definition) is 4. The highest BCUT2D eigenvalue weighted by atomic mass is 35.5. The number of carbonyl (C=O) groups is 2. The Balaban J connectivity index is 1.70. The van der Waals surface area contributed by atoms with Crippen molar-refractivity contribution in [2.75, 3.05) is 18.9 Å². The van der Waals surface area contributed by atoms with Crippen LogP contribution in [0.2, 0.25) is 5.02 Å². The van der Waals surface area contributed by atoms with Gasteiger partial charge in [-0.25, -0.2) is 13.6 Å². The molecule has 0 aliphatic carbocycles. The number of ether oxygens (including phenoxy) is 1. The molecule has 0 saturated heterocycles. The first kappa shape index (κ1) is 19.2. The van der Waals surface area contributed by atoms with E-state index in [2.05, 4.69) is 10.1 Å². The Morgan fingerprint density at radius 2 is 1.72 bits per heavy atom. The molecule has 0 aliphatic heterocycles. The van der Waals surface area contributed by atoms with E-state index in [0.717, 1.165) is 23.1 Å². The maximum absolute atomic E-state index is 13.4. The van der Waals surface area contributed by atoms with Crippen LogP contribution in [0.5, 0.6) is 0 Å². The van der Waals surface area contributed by atoms with Crippen LogP contribution >= 0.6 is 23.4 Å². The van der Waals surface area contributed by atoms with E-state index in [1.165, 1.54) is 11.8 Å². The molecule has 8 heteroatoms. The van der Waals surface area contributed by atoms with Crippen molar-refractivity contribution in [3.05, 3.63) is 64.7 Å². The van der Waals surface area contributed by atoms with Gasteiger partial charge in [0.05, 0.1) is 0 Å². The zero-order valence-electron chi connectivity index (χ0n) is 12.9. The molecule has 0 unspecified atom stereocenters. The number of carbonyl (C=O) groups excluding carboxylic acids is 2. The number of hydrogen-bond donors (Lipinski definition) is 1. The van der Waals surface area contributed by atoms with Gasteiger partial charge in [0.1, 0.15) is 17.2 Å². The minimum absolute atomic E-state index is 0.345. The summed E-state index contributed by atoms with van der Waals surface area (Å²) < 4.78 is 31.4. The lowest BCUT2D eigenvalue weighted by Crippen LogP contribution is -2.30. The van der Waals surface area contributed by atoms with Gasteiger partial charge < -0.3 is 10.1 Å². The van der Waals surface area contributed by atoms with E-state index in [9.17, 15) is 18.4 Å². The second kappa shape index (κ2) is 9.39. The molecule has 2 aromatic rings. The van der Waals surface area contributed by atoms with E-state index < -0.39 is 35.7 Å². The van der Waals surface area contributed by atoms with E-state index in [4.69, 9.17) is 11.6 Å². The van der Waals surface area contributed by atoms with Gasteiger partial charge in [-0.15, -0.1) is 11.8 Å². The smallest absolute Gasteiger partial charge is 0.344 e. The lowest BCUT2D eigenvalue weighted by molar-refractivity contribution is -0.124. The minimum Gasteiger partial charge on any atom is -0.452 e. The van der Waals surface area contributed by atoms with E-state index in [-0.39, 0.29) is 0 Å². The molecule has 0 saturated carbocycles. The molecule has 1 amide bonds. The van der Waals surface area contributed by atoms with Crippen molar-refractivity contribution in [2.45, 2.75) is 4.90 Å². The van der Waals surface area contributed by atoms with Gasteiger partial charge in [-0.05, 0) is 36.4 Å². The molecule has 2 aromatic carbocycles. The largest absolute Gasteiger partial charge is 0.452 e. The van der Waals surface area contributed by atoms with E-state index >= 15 is 0 Å². The summed E-state index contributed by atoms with van der Waals surface area (Å²) in [7, 11) is 0. The number of benzene rings is 2. The van der Waals surface area contributed by atoms with Gasteiger partial charge in [0.2, 0.25) is 0 Å². The third-order valence-corrected chi connectivity index (χ3v) is 4.27. The molecule has 0 heterocycles. The molecule has 132 valence electrons. The molecule has 0 aromatic heterocycles.